The number of rotatable bonds is 7. The normalized spacial score (nSPS) is 10.1. The Hall–Kier alpha value is -3.61. The van der Waals surface area contributed by atoms with Crippen LogP contribution in [0.1, 0.15) is 17.3 Å². The van der Waals surface area contributed by atoms with Crippen molar-refractivity contribution in [2.24, 2.45) is 0 Å². The van der Waals surface area contributed by atoms with E-state index in [0.29, 0.717) is 23.9 Å². The van der Waals surface area contributed by atoms with Gasteiger partial charge < -0.3 is 20.1 Å². The number of ether oxygens (including phenoxy) is 2. The minimum atomic E-state index is -0.392. The Morgan fingerprint density at radius 1 is 1.07 bits per heavy atom. The van der Waals surface area contributed by atoms with Crippen molar-refractivity contribution < 1.29 is 14.3 Å². The largest absolute Gasteiger partial charge is 0.492 e. The van der Waals surface area contributed by atoms with Gasteiger partial charge in [-0.3, -0.25) is 0 Å². The summed E-state index contributed by atoms with van der Waals surface area (Å²) in [7, 11) is 1.35. The van der Waals surface area contributed by atoms with Gasteiger partial charge in [0.2, 0.25) is 5.95 Å². The second-order valence-electron chi connectivity index (χ2n) is 5.52. The van der Waals surface area contributed by atoms with E-state index in [-0.39, 0.29) is 0 Å². The maximum atomic E-state index is 11.7. The number of esters is 1. The smallest absolute Gasteiger partial charge is 0.337 e. The number of hydrogen-bond donors (Lipinski definition) is 2. The molecule has 0 fully saturated rings. The molecule has 1 aromatic heterocycles. The number of para-hydroxylation sites is 2. The zero-order valence-electron chi connectivity index (χ0n) is 15.1. The van der Waals surface area contributed by atoms with Gasteiger partial charge in [0, 0.05) is 11.9 Å². The van der Waals surface area contributed by atoms with E-state index in [4.69, 9.17) is 9.47 Å². The molecule has 0 amide bonds. The van der Waals surface area contributed by atoms with Gasteiger partial charge in [-0.25, -0.2) is 9.78 Å². The number of benzene rings is 2. The first kappa shape index (κ1) is 18.2. The third kappa shape index (κ3) is 4.72. The van der Waals surface area contributed by atoms with E-state index in [9.17, 15) is 4.79 Å². The van der Waals surface area contributed by atoms with Crippen molar-refractivity contribution in [2.75, 3.05) is 24.4 Å². The summed E-state index contributed by atoms with van der Waals surface area (Å²) in [4.78, 5) is 20.4. The molecular weight excluding hydrogens is 344 g/mol. The van der Waals surface area contributed by atoms with Crippen LogP contribution in [-0.2, 0) is 4.74 Å². The molecule has 138 valence electrons. The maximum absolute atomic E-state index is 11.7. The minimum absolute atomic E-state index is 0.392. The summed E-state index contributed by atoms with van der Waals surface area (Å²) in [5.74, 6) is 1.35. The van der Waals surface area contributed by atoms with Crippen molar-refractivity contribution in [3.63, 3.8) is 0 Å². The zero-order valence-corrected chi connectivity index (χ0v) is 15.1. The molecule has 0 aliphatic rings. The van der Waals surface area contributed by atoms with Crippen LogP contribution in [0.4, 0.5) is 23.1 Å². The summed E-state index contributed by atoms with van der Waals surface area (Å²) in [6.07, 6.45) is 1.64. The third-order valence-electron chi connectivity index (χ3n) is 3.65. The summed E-state index contributed by atoms with van der Waals surface area (Å²) in [5, 5.41) is 6.32. The Balaban J connectivity index is 1.78. The summed E-state index contributed by atoms with van der Waals surface area (Å²) < 4.78 is 10.3. The summed E-state index contributed by atoms with van der Waals surface area (Å²) >= 11 is 0. The first-order chi connectivity index (χ1) is 13.2. The fourth-order valence-electron chi connectivity index (χ4n) is 2.45. The topological polar surface area (TPSA) is 85.4 Å². The van der Waals surface area contributed by atoms with Gasteiger partial charge in [0.1, 0.15) is 11.6 Å². The van der Waals surface area contributed by atoms with E-state index >= 15 is 0 Å². The maximum Gasteiger partial charge on any atom is 0.337 e. The second kappa shape index (κ2) is 8.66. The fourth-order valence-corrected chi connectivity index (χ4v) is 2.45. The van der Waals surface area contributed by atoms with Crippen LogP contribution in [0.2, 0.25) is 0 Å². The molecule has 0 radical (unpaired) electrons. The van der Waals surface area contributed by atoms with Crippen molar-refractivity contribution in [1.29, 1.82) is 0 Å². The van der Waals surface area contributed by atoms with Crippen LogP contribution in [0.5, 0.6) is 5.75 Å². The molecular formula is C20H20N4O3. The van der Waals surface area contributed by atoms with Crippen molar-refractivity contribution in [3.8, 4) is 5.75 Å². The second-order valence-corrected chi connectivity index (χ2v) is 5.52. The van der Waals surface area contributed by atoms with Crippen LogP contribution in [0.25, 0.3) is 0 Å². The Morgan fingerprint density at radius 3 is 2.74 bits per heavy atom. The molecule has 0 saturated carbocycles. The Labute approximate surface area is 157 Å². The van der Waals surface area contributed by atoms with Crippen LogP contribution in [0, 0.1) is 0 Å². The van der Waals surface area contributed by atoms with Gasteiger partial charge in [0.05, 0.1) is 25.0 Å². The minimum Gasteiger partial charge on any atom is -0.492 e. The van der Waals surface area contributed by atoms with Crippen molar-refractivity contribution in [2.45, 2.75) is 6.92 Å². The standard InChI is InChI=1S/C20H20N4O3/c1-3-27-17-10-5-4-9-16(17)23-20-21-12-11-18(24-20)22-15-8-6-7-14(13-15)19(25)26-2/h4-13H,3H2,1-2H3,(H2,21,22,23,24). The zero-order chi connectivity index (χ0) is 19.1. The molecule has 0 atom stereocenters. The summed E-state index contributed by atoms with van der Waals surface area (Å²) in [6.45, 7) is 2.50. The van der Waals surface area contributed by atoms with Crippen LogP contribution in [0.15, 0.2) is 60.8 Å². The first-order valence-electron chi connectivity index (χ1n) is 8.47. The van der Waals surface area contributed by atoms with Crippen molar-refractivity contribution in [3.05, 3.63) is 66.4 Å². The predicted molar refractivity (Wildman–Crippen MR) is 104 cm³/mol. The number of hydrogen-bond acceptors (Lipinski definition) is 7. The number of aromatic nitrogens is 2. The third-order valence-corrected chi connectivity index (χ3v) is 3.65. The molecule has 27 heavy (non-hydrogen) atoms. The van der Waals surface area contributed by atoms with Crippen LogP contribution < -0.4 is 15.4 Å². The van der Waals surface area contributed by atoms with E-state index in [1.165, 1.54) is 7.11 Å². The highest BCUT2D eigenvalue weighted by Gasteiger charge is 2.08. The van der Waals surface area contributed by atoms with Gasteiger partial charge in [-0.1, -0.05) is 18.2 Å². The van der Waals surface area contributed by atoms with Crippen LogP contribution in [-0.4, -0.2) is 29.7 Å². The highest BCUT2D eigenvalue weighted by molar-refractivity contribution is 5.90. The van der Waals surface area contributed by atoms with Gasteiger partial charge in [-0.2, -0.15) is 4.98 Å². The lowest BCUT2D eigenvalue weighted by Gasteiger charge is -2.12. The molecule has 0 unspecified atom stereocenters. The first-order valence-corrected chi connectivity index (χ1v) is 8.47. The summed E-state index contributed by atoms with van der Waals surface area (Å²) in [6, 6.07) is 16.3. The number of methoxy groups -OCH3 is 1. The van der Waals surface area contributed by atoms with Crippen molar-refractivity contribution in [1.82, 2.24) is 9.97 Å². The average molecular weight is 364 g/mol. The van der Waals surface area contributed by atoms with Crippen LogP contribution in [0.3, 0.4) is 0 Å². The van der Waals surface area contributed by atoms with E-state index in [1.807, 2.05) is 37.3 Å². The number of carbonyl (C=O) groups excluding carboxylic acids is 1. The fraction of sp³-hybridized carbons (Fsp3) is 0.150. The van der Waals surface area contributed by atoms with Gasteiger partial charge in [0.25, 0.3) is 0 Å². The monoisotopic (exact) mass is 364 g/mol. The van der Waals surface area contributed by atoms with Gasteiger partial charge >= 0.3 is 5.97 Å². The highest BCUT2D eigenvalue weighted by Crippen LogP contribution is 2.26. The lowest BCUT2D eigenvalue weighted by molar-refractivity contribution is 0.0601. The SMILES string of the molecule is CCOc1ccccc1Nc1nccc(Nc2cccc(C(=O)OC)c2)n1. The van der Waals surface area contributed by atoms with E-state index in [1.54, 1.807) is 30.5 Å². The molecule has 1 heterocycles. The van der Waals surface area contributed by atoms with Crippen molar-refractivity contribution >= 4 is 29.1 Å². The molecule has 2 aromatic carbocycles. The Morgan fingerprint density at radius 2 is 1.93 bits per heavy atom. The quantitative estimate of drug-likeness (QED) is 0.609. The van der Waals surface area contributed by atoms with Crippen LogP contribution >= 0.6 is 0 Å². The molecule has 0 saturated heterocycles. The summed E-state index contributed by atoms with van der Waals surface area (Å²) in [5.41, 5.74) is 1.96. The number of nitrogens with one attached hydrogen (secondary N) is 2. The highest BCUT2D eigenvalue weighted by atomic mass is 16.5. The molecule has 2 N–H and O–H groups in total. The predicted octanol–water partition coefficient (Wildman–Crippen LogP) is 4.15. The molecule has 0 spiro atoms. The van der Waals surface area contributed by atoms with E-state index in [2.05, 4.69) is 20.6 Å². The van der Waals surface area contributed by atoms with Gasteiger partial charge in [-0.15, -0.1) is 0 Å². The molecule has 3 aromatic rings. The molecule has 7 heteroatoms. The van der Waals surface area contributed by atoms with Gasteiger partial charge in [-0.05, 0) is 43.3 Å². The molecule has 0 aliphatic heterocycles. The van der Waals surface area contributed by atoms with Gasteiger partial charge in [0.15, 0.2) is 0 Å². The Bertz CT molecular complexity index is 930. The van der Waals surface area contributed by atoms with E-state index < -0.39 is 5.97 Å². The molecule has 0 aliphatic carbocycles. The lowest BCUT2D eigenvalue weighted by atomic mass is 10.2. The Kier molecular flexibility index (Phi) is 5.84. The number of carbonyl (C=O) groups is 1. The molecule has 7 nitrogen and oxygen atoms in total. The molecule has 3 rings (SSSR count). The van der Waals surface area contributed by atoms with E-state index in [0.717, 1.165) is 17.1 Å². The number of anilines is 4. The number of nitrogens with zero attached hydrogens (tertiary/aromatic N) is 2. The lowest BCUT2D eigenvalue weighted by Crippen LogP contribution is -2.04. The molecule has 0 bridgehead atoms. The average Bonchev–Trinajstić information content (AvgIpc) is 2.69.